The zero-order chi connectivity index (χ0) is 15.2. The summed E-state index contributed by atoms with van der Waals surface area (Å²) in [6.45, 7) is 0.734. The average Bonchev–Trinajstić information content (AvgIpc) is 2.53. The summed E-state index contributed by atoms with van der Waals surface area (Å²) in [6, 6.07) is 5.22. The van der Waals surface area contributed by atoms with E-state index in [9.17, 15) is 4.79 Å². The Hall–Kier alpha value is -1.23. The second-order valence-electron chi connectivity index (χ2n) is 5.43. The number of methoxy groups -OCH3 is 2. The average molecular weight is 356 g/mol. The molecule has 1 aromatic rings. The van der Waals surface area contributed by atoms with E-state index in [-0.39, 0.29) is 5.91 Å². The lowest BCUT2D eigenvalue weighted by Gasteiger charge is -2.25. The van der Waals surface area contributed by atoms with Crippen LogP contribution in [-0.2, 0) is 0 Å². The smallest absolute Gasteiger partial charge is 0.251 e. The van der Waals surface area contributed by atoms with Crippen LogP contribution in [0.25, 0.3) is 0 Å². The summed E-state index contributed by atoms with van der Waals surface area (Å²) in [7, 11) is 3.16. The van der Waals surface area contributed by atoms with Crippen molar-refractivity contribution in [1.29, 1.82) is 0 Å². The standard InChI is InChI=1S/C16H22BrNO3/c1-20-14-7-12(8-15(9-14)21-2)16(19)18-10-11-3-5-13(17)6-4-11/h7-9,11,13H,3-6,10H2,1-2H3,(H,18,19). The summed E-state index contributed by atoms with van der Waals surface area (Å²) in [5, 5.41) is 3.02. The van der Waals surface area contributed by atoms with Crippen molar-refractivity contribution in [2.75, 3.05) is 20.8 Å². The highest BCUT2D eigenvalue weighted by molar-refractivity contribution is 9.09. The quantitative estimate of drug-likeness (QED) is 0.823. The molecule has 1 aliphatic carbocycles. The molecule has 0 atom stereocenters. The van der Waals surface area contributed by atoms with E-state index in [1.807, 2.05) is 0 Å². The molecule has 1 saturated carbocycles. The molecule has 116 valence electrons. The fourth-order valence-electron chi connectivity index (χ4n) is 2.60. The largest absolute Gasteiger partial charge is 0.497 e. The summed E-state index contributed by atoms with van der Waals surface area (Å²) in [5.41, 5.74) is 0.570. The third kappa shape index (κ3) is 4.63. The molecule has 0 spiro atoms. The number of hydrogen-bond donors (Lipinski definition) is 1. The maximum Gasteiger partial charge on any atom is 0.251 e. The van der Waals surface area contributed by atoms with Gasteiger partial charge in [0.1, 0.15) is 11.5 Å². The van der Waals surface area contributed by atoms with Gasteiger partial charge in [0, 0.05) is 23.0 Å². The Morgan fingerprint density at radius 2 is 1.71 bits per heavy atom. The molecular weight excluding hydrogens is 334 g/mol. The van der Waals surface area contributed by atoms with Crippen molar-refractivity contribution in [3.8, 4) is 11.5 Å². The second-order valence-corrected chi connectivity index (χ2v) is 6.72. The molecule has 0 bridgehead atoms. The Balaban J connectivity index is 1.93. The van der Waals surface area contributed by atoms with Gasteiger partial charge in [0.05, 0.1) is 14.2 Å². The Kier molecular flexibility index (Phi) is 5.91. The number of halogens is 1. The van der Waals surface area contributed by atoms with Crippen LogP contribution in [0.15, 0.2) is 18.2 Å². The van der Waals surface area contributed by atoms with Crippen molar-refractivity contribution >= 4 is 21.8 Å². The molecule has 2 rings (SSSR count). The normalized spacial score (nSPS) is 21.7. The van der Waals surface area contributed by atoms with E-state index in [4.69, 9.17) is 9.47 Å². The lowest BCUT2D eigenvalue weighted by Crippen LogP contribution is -2.31. The van der Waals surface area contributed by atoms with E-state index in [2.05, 4.69) is 21.2 Å². The van der Waals surface area contributed by atoms with Crippen LogP contribution in [0.1, 0.15) is 36.0 Å². The molecule has 0 heterocycles. The minimum atomic E-state index is -0.0758. The second kappa shape index (κ2) is 7.69. The molecular formula is C16H22BrNO3. The van der Waals surface area contributed by atoms with Crippen LogP contribution in [0.3, 0.4) is 0 Å². The highest BCUT2D eigenvalue weighted by Crippen LogP contribution is 2.28. The van der Waals surface area contributed by atoms with Gasteiger partial charge in [-0.2, -0.15) is 0 Å². The number of alkyl halides is 1. The van der Waals surface area contributed by atoms with E-state index in [0.717, 1.165) is 19.4 Å². The monoisotopic (exact) mass is 355 g/mol. The minimum Gasteiger partial charge on any atom is -0.497 e. The lowest BCUT2D eigenvalue weighted by atomic mass is 9.89. The van der Waals surface area contributed by atoms with E-state index < -0.39 is 0 Å². The fourth-order valence-corrected chi connectivity index (χ4v) is 3.13. The molecule has 1 aliphatic rings. The van der Waals surface area contributed by atoms with E-state index in [1.54, 1.807) is 32.4 Å². The molecule has 1 fully saturated rings. The number of hydrogen-bond acceptors (Lipinski definition) is 3. The third-order valence-electron chi connectivity index (χ3n) is 3.94. The van der Waals surface area contributed by atoms with Crippen molar-refractivity contribution in [3.05, 3.63) is 23.8 Å². The van der Waals surface area contributed by atoms with Gasteiger partial charge in [-0.05, 0) is 43.7 Å². The number of amides is 1. The molecule has 0 saturated heterocycles. The summed E-state index contributed by atoms with van der Waals surface area (Å²) < 4.78 is 10.4. The van der Waals surface area contributed by atoms with Gasteiger partial charge in [0.15, 0.2) is 0 Å². The molecule has 0 radical (unpaired) electrons. The van der Waals surface area contributed by atoms with Gasteiger partial charge < -0.3 is 14.8 Å². The highest BCUT2D eigenvalue weighted by Gasteiger charge is 2.20. The van der Waals surface area contributed by atoms with Crippen molar-refractivity contribution in [2.24, 2.45) is 5.92 Å². The summed E-state index contributed by atoms with van der Waals surface area (Å²) in [6.07, 6.45) is 4.70. The number of ether oxygens (including phenoxy) is 2. The predicted molar refractivity (Wildman–Crippen MR) is 86.6 cm³/mol. The van der Waals surface area contributed by atoms with Gasteiger partial charge in [-0.15, -0.1) is 0 Å². The topological polar surface area (TPSA) is 47.6 Å². The van der Waals surface area contributed by atoms with Crippen LogP contribution >= 0.6 is 15.9 Å². The molecule has 0 unspecified atom stereocenters. The van der Waals surface area contributed by atoms with Crippen molar-refractivity contribution in [1.82, 2.24) is 5.32 Å². The van der Waals surface area contributed by atoms with Gasteiger partial charge in [-0.3, -0.25) is 4.79 Å². The highest BCUT2D eigenvalue weighted by atomic mass is 79.9. The van der Waals surface area contributed by atoms with Gasteiger partial charge in [0.2, 0.25) is 0 Å². The van der Waals surface area contributed by atoms with Crippen molar-refractivity contribution in [3.63, 3.8) is 0 Å². The number of carbonyl (C=O) groups excluding carboxylic acids is 1. The molecule has 1 aromatic carbocycles. The van der Waals surface area contributed by atoms with Crippen LogP contribution in [0.4, 0.5) is 0 Å². The number of benzene rings is 1. The number of carbonyl (C=O) groups is 1. The maximum atomic E-state index is 12.3. The van der Waals surface area contributed by atoms with Crippen LogP contribution in [0, 0.1) is 5.92 Å². The van der Waals surface area contributed by atoms with Crippen molar-refractivity contribution in [2.45, 2.75) is 30.5 Å². The zero-order valence-corrected chi connectivity index (χ0v) is 14.1. The Bertz CT molecular complexity index is 462. The lowest BCUT2D eigenvalue weighted by molar-refractivity contribution is 0.0943. The van der Waals surface area contributed by atoms with E-state index in [0.29, 0.717) is 27.8 Å². The molecule has 1 amide bonds. The third-order valence-corrected chi connectivity index (χ3v) is 4.86. The first-order valence-electron chi connectivity index (χ1n) is 7.27. The minimum absolute atomic E-state index is 0.0758. The summed E-state index contributed by atoms with van der Waals surface area (Å²) in [4.78, 5) is 12.9. The maximum absolute atomic E-state index is 12.3. The van der Waals surface area contributed by atoms with Gasteiger partial charge >= 0.3 is 0 Å². The van der Waals surface area contributed by atoms with Crippen LogP contribution in [0.2, 0.25) is 0 Å². The van der Waals surface area contributed by atoms with E-state index in [1.165, 1.54) is 12.8 Å². The predicted octanol–water partition coefficient (Wildman–Crippen LogP) is 3.39. The van der Waals surface area contributed by atoms with Crippen LogP contribution in [0.5, 0.6) is 11.5 Å². The first-order valence-corrected chi connectivity index (χ1v) is 8.19. The molecule has 0 aliphatic heterocycles. The first-order chi connectivity index (χ1) is 10.1. The molecule has 5 heteroatoms. The Labute approximate surface area is 134 Å². The van der Waals surface area contributed by atoms with Crippen molar-refractivity contribution < 1.29 is 14.3 Å². The first kappa shape index (κ1) is 16.1. The molecule has 0 aromatic heterocycles. The fraction of sp³-hybridized carbons (Fsp3) is 0.562. The van der Waals surface area contributed by atoms with Gasteiger partial charge in [-0.25, -0.2) is 0 Å². The zero-order valence-electron chi connectivity index (χ0n) is 12.5. The summed E-state index contributed by atoms with van der Waals surface area (Å²) in [5.74, 6) is 1.75. The molecule has 21 heavy (non-hydrogen) atoms. The molecule has 4 nitrogen and oxygen atoms in total. The van der Waals surface area contributed by atoms with Gasteiger partial charge in [0.25, 0.3) is 5.91 Å². The number of nitrogens with one attached hydrogen (secondary N) is 1. The van der Waals surface area contributed by atoms with Crippen LogP contribution < -0.4 is 14.8 Å². The SMILES string of the molecule is COc1cc(OC)cc(C(=O)NCC2CCC(Br)CC2)c1. The molecule has 1 N–H and O–H groups in total. The van der Waals surface area contributed by atoms with Crippen LogP contribution in [-0.4, -0.2) is 31.5 Å². The number of rotatable bonds is 5. The Morgan fingerprint density at radius 1 is 1.14 bits per heavy atom. The Morgan fingerprint density at radius 3 is 2.24 bits per heavy atom. The summed E-state index contributed by atoms with van der Waals surface area (Å²) >= 11 is 3.65. The van der Waals surface area contributed by atoms with E-state index >= 15 is 0 Å². The van der Waals surface area contributed by atoms with Gasteiger partial charge in [-0.1, -0.05) is 15.9 Å².